The molecular weight excluding hydrogens is 263 g/mol. The summed E-state index contributed by atoms with van der Waals surface area (Å²) in [5.74, 6) is 0.761. The molecule has 1 heterocycles. The molecule has 0 unspecified atom stereocenters. The van der Waals surface area contributed by atoms with Crippen LogP contribution in [0.25, 0.3) is 0 Å². The smallest absolute Gasteiger partial charge is 0.123 e. The van der Waals surface area contributed by atoms with E-state index in [1.165, 1.54) is 25.3 Å². The second kappa shape index (κ2) is 6.69. The van der Waals surface area contributed by atoms with Crippen LogP contribution in [0.2, 0.25) is 0 Å². The van der Waals surface area contributed by atoms with Crippen molar-refractivity contribution < 1.29 is 4.39 Å². The van der Waals surface area contributed by atoms with Crippen molar-refractivity contribution in [2.75, 3.05) is 26.2 Å². The van der Waals surface area contributed by atoms with Gasteiger partial charge in [0.25, 0.3) is 0 Å². The molecule has 19 heavy (non-hydrogen) atoms. The maximum atomic E-state index is 13.4. The van der Waals surface area contributed by atoms with Gasteiger partial charge in [0, 0.05) is 32.2 Å². The summed E-state index contributed by atoms with van der Waals surface area (Å²) < 4.78 is 13.4. The number of piperazine rings is 1. The van der Waals surface area contributed by atoms with Crippen LogP contribution in [-0.4, -0.2) is 31.1 Å². The highest BCUT2D eigenvalue weighted by molar-refractivity contribution is 5.85. The maximum absolute atomic E-state index is 13.4. The molecule has 1 aliphatic heterocycles. The Morgan fingerprint density at radius 3 is 2.63 bits per heavy atom. The summed E-state index contributed by atoms with van der Waals surface area (Å²) >= 11 is 0. The highest BCUT2D eigenvalue weighted by Gasteiger charge is 2.30. The number of hydrogen-bond donors (Lipinski definition) is 1. The Balaban J connectivity index is 0.00000133. The lowest BCUT2D eigenvalue weighted by Gasteiger charge is -2.35. The van der Waals surface area contributed by atoms with Gasteiger partial charge < -0.3 is 5.32 Å². The molecule has 0 bridgehead atoms. The molecule has 2 aliphatic rings. The van der Waals surface area contributed by atoms with Gasteiger partial charge in [-0.05, 0) is 30.0 Å². The fourth-order valence-corrected chi connectivity index (χ4v) is 2.87. The van der Waals surface area contributed by atoms with Crippen LogP contribution >= 0.6 is 12.4 Å². The van der Waals surface area contributed by atoms with Gasteiger partial charge in [0.05, 0.1) is 0 Å². The Morgan fingerprint density at radius 2 is 2.00 bits per heavy atom. The zero-order chi connectivity index (χ0) is 12.4. The summed E-state index contributed by atoms with van der Waals surface area (Å²) in [5.41, 5.74) is 1.16. The lowest BCUT2D eigenvalue weighted by Crippen LogP contribution is -2.45. The molecular formula is C15H22ClFN2. The molecule has 0 amide bonds. The van der Waals surface area contributed by atoms with Crippen LogP contribution in [0.4, 0.5) is 4.39 Å². The van der Waals surface area contributed by atoms with Crippen LogP contribution in [0.1, 0.15) is 30.9 Å². The Bertz CT molecular complexity index is 403. The largest absolute Gasteiger partial charge is 0.314 e. The number of nitrogens with one attached hydrogen (secondary N) is 1. The van der Waals surface area contributed by atoms with E-state index < -0.39 is 0 Å². The molecule has 0 radical (unpaired) electrons. The second-order valence-electron chi connectivity index (χ2n) is 5.54. The highest BCUT2D eigenvalue weighted by Crippen LogP contribution is 2.40. The first-order chi connectivity index (χ1) is 8.83. The normalized spacial score (nSPS) is 21.7. The number of halogens is 2. The van der Waals surface area contributed by atoms with E-state index in [1.54, 1.807) is 6.07 Å². The third kappa shape index (κ3) is 3.91. The first-order valence-corrected chi connectivity index (χ1v) is 7.03. The predicted molar refractivity (Wildman–Crippen MR) is 78.2 cm³/mol. The fraction of sp³-hybridized carbons (Fsp3) is 0.600. The molecule has 106 valence electrons. The SMILES string of the molecule is Cl.Fc1cccc([C@H](CC2CC2)N2CCNCC2)c1. The molecule has 1 saturated heterocycles. The minimum Gasteiger partial charge on any atom is -0.314 e. The van der Waals surface area contributed by atoms with Crippen LogP contribution in [-0.2, 0) is 0 Å². The Labute approximate surface area is 120 Å². The highest BCUT2D eigenvalue weighted by atomic mass is 35.5. The van der Waals surface area contributed by atoms with E-state index in [9.17, 15) is 4.39 Å². The van der Waals surface area contributed by atoms with E-state index in [1.807, 2.05) is 6.07 Å². The Morgan fingerprint density at radius 1 is 1.26 bits per heavy atom. The summed E-state index contributed by atoms with van der Waals surface area (Å²) in [5, 5.41) is 3.39. The quantitative estimate of drug-likeness (QED) is 0.914. The molecule has 0 spiro atoms. The molecule has 1 aromatic rings. The van der Waals surface area contributed by atoms with E-state index in [0.717, 1.165) is 37.7 Å². The van der Waals surface area contributed by atoms with Crippen LogP contribution in [0.3, 0.4) is 0 Å². The molecule has 1 aromatic carbocycles. The topological polar surface area (TPSA) is 15.3 Å². The van der Waals surface area contributed by atoms with E-state index >= 15 is 0 Å². The number of benzene rings is 1. The fourth-order valence-electron chi connectivity index (χ4n) is 2.87. The third-order valence-corrected chi connectivity index (χ3v) is 4.08. The summed E-state index contributed by atoms with van der Waals surface area (Å²) in [6, 6.07) is 7.59. The lowest BCUT2D eigenvalue weighted by atomic mass is 9.98. The first kappa shape index (κ1) is 14.8. The number of rotatable bonds is 4. The van der Waals surface area contributed by atoms with Crippen molar-refractivity contribution in [2.45, 2.75) is 25.3 Å². The molecule has 1 saturated carbocycles. The van der Waals surface area contributed by atoms with Gasteiger partial charge in [-0.25, -0.2) is 4.39 Å². The Hall–Kier alpha value is -0.640. The molecule has 4 heteroatoms. The number of hydrogen-bond acceptors (Lipinski definition) is 2. The first-order valence-electron chi connectivity index (χ1n) is 7.03. The van der Waals surface area contributed by atoms with E-state index in [0.29, 0.717) is 6.04 Å². The van der Waals surface area contributed by atoms with E-state index in [-0.39, 0.29) is 18.2 Å². The minimum absolute atomic E-state index is 0. The summed E-state index contributed by atoms with van der Waals surface area (Å²) in [4.78, 5) is 2.52. The van der Waals surface area contributed by atoms with E-state index in [2.05, 4.69) is 16.3 Å². The van der Waals surface area contributed by atoms with Crippen molar-refractivity contribution in [3.8, 4) is 0 Å². The molecule has 1 aliphatic carbocycles. The number of nitrogens with zero attached hydrogens (tertiary/aromatic N) is 1. The summed E-state index contributed by atoms with van der Waals surface area (Å²) in [6.07, 6.45) is 3.92. The minimum atomic E-state index is -0.108. The average molecular weight is 285 g/mol. The van der Waals surface area contributed by atoms with Gasteiger partial charge in [-0.15, -0.1) is 12.4 Å². The zero-order valence-electron chi connectivity index (χ0n) is 11.1. The summed E-state index contributed by atoms with van der Waals surface area (Å²) in [7, 11) is 0. The van der Waals surface area contributed by atoms with E-state index in [4.69, 9.17) is 0 Å². The average Bonchev–Trinajstić information content (AvgIpc) is 3.21. The van der Waals surface area contributed by atoms with Gasteiger partial charge in [0.15, 0.2) is 0 Å². The summed E-state index contributed by atoms with van der Waals surface area (Å²) in [6.45, 7) is 4.26. The van der Waals surface area contributed by atoms with Gasteiger partial charge in [-0.2, -0.15) is 0 Å². The van der Waals surface area contributed by atoms with Gasteiger partial charge in [-0.3, -0.25) is 4.90 Å². The molecule has 1 atom stereocenters. The van der Waals surface area contributed by atoms with Crippen molar-refractivity contribution in [3.63, 3.8) is 0 Å². The molecule has 1 N–H and O–H groups in total. The van der Waals surface area contributed by atoms with Crippen molar-refractivity contribution in [3.05, 3.63) is 35.6 Å². The van der Waals surface area contributed by atoms with Gasteiger partial charge in [-0.1, -0.05) is 25.0 Å². The maximum Gasteiger partial charge on any atom is 0.123 e. The van der Waals surface area contributed by atoms with Crippen molar-refractivity contribution in [1.82, 2.24) is 10.2 Å². The second-order valence-corrected chi connectivity index (χ2v) is 5.54. The molecule has 2 nitrogen and oxygen atoms in total. The lowest BCUT2D eigenvalue weighted by molar-refractivity contribution is 0.160. The molecule has 3 rings (SSSR count). The van der Waals surface area contributed by atoms with Gasteiger partial charge >= 0.3 is 0 Å². The zero-order valence-corrected chi connectivity index (χ0v) is 12.0. The van der Waals surface area contributed by atoms with Crippen molar-refractivity contribution in [2.24, 2.45) is 5.92 Å². The monoisotopic (exact) mass is 284 g/mol. The van der Waals surface area contributed by atoms with Crippen LogP contribution in [0.5, 0.6) is 0 Å². The predicted octanol–water partition coefficient (Wildman–Crippen LogP) is 2.99. The van der Waals surface area contributed by atoms with Crippen molar-refractivity contribution >= 4 is 12.4 Å². The van der Waals surface area contributed by atoms with Gasteiger partial charge in [0.2, 0.25) is 0 Å². The van der Waals surface area contributed by atoms with Gasteiger partial charge in [0.1, 0.15) is 5.82 Å². The van der Waals surface area contributed by atoms with Crippen molar-refractivity contribution in [1.29, 1.82) is 0 Å². The van der Waals surface area contributed by atoms with Crippen LogP contribution in [0.15, 0.2) is 24.3 Å². The van der Waals surface area contributed by atoms with Crippen LogP contribution in [0, 0.1) is 11.7 Å². The molecule has 0 aromatic heterocycles. The van der Waals surface area contributed by atoms with Crippen LogP contribution < -0.4 is 5.32 Å². The molecule has 2 fully saturated rings. The third-order valence-electron chi connectivity index (χ3n) is 4.08. The standard InChI is InChI=1S/C15H21FN2.ClH/c16-14-3-1-2-13(11-14)15(10-12-4-5-12)18-8-6-17-7-9-18;/h1-3,11-12,15,17H,4-10H2;1H/t15-;/m0./s1. The Kier molecular flexibility index (Phi) is 5.20.